The number of carbonyl (C=O) groups excluding carboxylic acids is 2. The molecule has 4 aromatic rings. The lowest BCUT2D eigenvalue weighted by atomic mass is 10.1. The molecule has 0 radical (unpaired) electrons. The first-order chi connectivity index (χ1) is 29.2. The summed E-state index contributed by atoms with van der Waals surface area (Å²) in [5.74, 6) is -3.41. The smallest absolute Gasteiger partial charge is 0.282 e. The van der Waals surface area contributed by atoms with E-state index in [9.17, 15) is 23.5 Å². The van der Waals surface area contributed by atoms with Crippen LogP contribution in [0.5, 0.6) is 17.2 Å². The van der Waals surface area contributed by atoms with E-state index in [0.29, 0.717) is 105 Å². The minimum absolute atomic E-state index is 0.0501. The highest BCUT2D eigenvalue weighted by Gasteiger charge is 2.45. The average Bonchev–Trinajstić information content (AvgIpc) is 4.00. The maximum atomic E-state index is 13.5. The molecule has 3 aliphatic rings. The lowest BCUT2D eigenvalue weighted by molar-refractivity contribution is -0.376. The van der Waals surface area contributed by atoms with Gasteiger partial charge >= 0.3 is 0 Å². The van der Waals surface area contributed by atoms with E-state index in [-0.39, 0.29) is 44.1 Å². The van der Waals surface area contributed by atoms with Gasteiger partial charge in [-0.3, -0.25) is 24.3 Å². The number of aromatic amines is 1. The molecule has 21 heteroatoms. The number of carbonyl (C=O) groups is 2. The summed E-state index contributed by atoms with van der Waals surface area (Å²) < 4.78 is 55.0. The van der Waals surface area contributed by atoms with Gasteiger partial charge in [-0.05, 0) is 54.1 Å². The number of nitrogens with zero attached hydrogens (tertiary/aromatic N) is 2. The van der Waals surface area contributed by atoms with Crippen LogP contribution in [0.25, 0.3) is 10.9 Å². The molecule has 2 saturated heterocycles. The maximum Gasteiger partial charge on any atom is 0.282 e. The van der Waals surface area contributed by atoms with E-state index in [0.717, 1.165) is 18.2 Å². The third kappa shape index (κ3) is 11.5. The first kappa shape index (κ1) is 42.9. The minimum atomic E-state index is -2.18. The van der Waals surface area contributed by atoms with Crippen molar-refractivity contribution in [1.82, 2.24) is 26.5 Å². The zero-order chi connectivity index (χ0) is 41.7. The van der Waals surface area contributed by atoms with Gasteiger partial charge in [0.25, 0.3) is 17.6 Å². The number of fused-ring (bicyclic) bond motifs is 2. The van der Waals surface area contributed by atoms with E-state index in [1.807, 2.05) is 0 Å². The largest absolute Gasteiger partial charge is 0.487 e. The van der Waals surface area contributed by atoms with Crippen molar-refractivity contribution in [3.8, 4) is 17.2 Å². The number of amides is 2. The number of hydroxylamine groups is 3. The molecule has 1 unspecified atom stereocenters. The molecule has 4 heterocycles. The number of aliphatic hydroxyl groups is 1. The highest BCUT2D eigenvalue weighted by molar-refractivity contribution is 5.98. The molecule has 3 aliphatic heterocycles. The third-order valence-corrected chi connectivity index (χ3v) is 9.17. The molecule has 1 aromatic heterocycles. The van der Waals surface area contributed by atoms with Crippen molar-refractivity contribution >= 4 is 28.4 Å². The van der Waals surface area contributed by atoms with Gasteiger partial charge in [0, 0.05) is 42.9 Å². The summed E-state index contributed by atoms with van der Waals surface area (Å²) in [6.45, 7) is 3.93. The molecule has 60 heavy (non-hydrogen) atoms. The van der Waals surface area contributed by atoms with E-state index < -0.39 is 29.6 Å². The van der Waals surface area contributed by atoms with Gasteiger partial charge < -0.3 is 54.1 Å². The molecule has 0 spiro atoms. The Bertz CT molecular complexity index is 2040. The predicted molar refractivity (Wildman–Crippen MR) is 204 cm³/mol. The van der Waals surface area contributed by atoms with Crippen LogP contribution in [-0.2, 0) is 44.8 Å². The Morgan fingerprint density at radius 1 is 0.867 bits per heavy atom. The van der Waals surface area contributed by atoms with Crippen LogP contribution in [-0.4, -0.2) is 118 Å². The molecule has 0 saturated carbocycles. The van der Waals surface area contributed by atoms with E-state index in [2.05, 4.69) is 21.3 Å². The SMILES string of the molecule is O=C(NCCOCCOCCOCCOCCOc1cccc2c1ON(C1CCONO1)O2)c1cc2cc(N3CC[C@@](O)(C(=O)NCc4cc(F)cc(F)c4)O3)ccc2[nH]1. The number of anilines is 1. The molecule has 5 N–H and O–H groups in total. The van der Waals surface area contributed by atoms with Crippen LogP contribution in [0.1, 0.15) is 28.9 Å². The molecule has 324 valence electrons. The molecule has 2 amide bonds. The number of aromatic nitrogens is 1. The first-order valence-corrected chi connectivity index (χ1v) is 19.3. The molecule has 2 atom stereocenters. The second-order valence-electron chi connectivity index (χ2n) is 13.5. The van der Waals surface area contributed by atoms with E-state index >= 15 is 0 Å². The van der Waals surface area contributed by atoms with E-state index in [1.54, 1.807) is 42.5 Å². The van der Waals surface area contributed by atoms with Crippen LogP contribution in [0.2, 0.25) is 0 Å². The van der Waals surface area contributed by atoms with Gasteiger partial charge in [0.2, 0.25) is 12.0 Å². The molecule has 3 aromatic carbocycles. The van der Waals surface area contributed by atoms with Gasteiger partial charge in [0.15, 0.2) is 11.5 Å². The highest BCUT2D eigenvalue weighted by Crippen LogP contribution is 2.43. The van der Waals surface area contributed by atoms with Crippen LogP contribution in [0, 0.1) is 11.6 Å². The molecular formula is C39H46F2N6O13. The Morgan fingerprint density at radius 2 is 1.60 bits per heavy atom. The van der Waals surface area contributed by atoms with Gasteiger partial charge in [0.05, 0.1) is 76.9 Å². The molecule has 2 fully saturated rings. The number of benzene rings is 3. The van der Waals surface area contributed by atoms with Crippen molar-refractivity contribution in [2.45, 2.75) is 31.4 Å². The number of halogens is 2. The van der Waals surface area contributed by atoms with Crippen LogP contribution in [0.15, 0.2) is 60.7 Å². The molecule has 19 nitrogen and oxygen atoms in total. The van der Waals surface area contributed by atoms with Crippen molar-refractivity contribution < 1.29 is 71.3 Å². The lowest BCUT2D eigenvalue weighted by Gasteiger charge is -2.26. The fourth-order valence-electron chi connectivity index (χ4n) is 6.19. The third-order valence-electron chi connectivity index (χ3n) is 9.17. The Balaban J connectivity index is 0.695. The number of ether oxygens (including phenoxy) is 5. The minimum Gasteiger partial charge on any atom is -0.487 e. The normalized spacial score (nSPS) is 18.9. The van der Waals surface area contributed by atoms with Gasteiger partial charge in [-0.1, -0.05) is 11.7 Å². The van der Waals surface area contributed by atoms with Gasteiger partial charge in [0.1, 0.15) is 23.9 Å². The van der Waals surface area contributed by atoms with Crippen molar-refractivity contribution in [2.24, 2.45) is 0 Å². The Hall–Kier alpha value is -5.20. The number of hydrogen-bond acceptors (Lipinski definition) is 16. The Labute approximate surface area is 342 Å². The monoisotopic (exact) mass is 844 g/mol. The molecule has 7 rings (SSSR count). The standard InChI is InChI=1S/C39H46F2N6O13/c40-28-20-26(21-29(41)24-28)25-43-38(49)39(50)7-9-46(60-39)30-4-5-31-27(22-30)23-32(44-31)37(48)42-8-11-51-12-13-52-14-15-53-16-17-54-18-19-55-33-2-1-3-34-36(33)59-47(58-34)35-6-10-56-45-57-35/h1-5,20-24,35,44-45,50H,6-19,25H2,(H,42,48)(H,43,49)/t35?,39-/m0/s1. The first-order valence-electron chi connectivity index (χ1n) is 19.3. The predicted octanol–water partition coefficient (Wildman–Crippen LogP) is 2.55. The van der Waals surface area contributed by atoms with E-state index in [4.69, 9.17) is 47.9 Å². The van der Waals surface area contributed by atoms with Crippen LogP contribution < -0.4 is 35.8 Å². The van der Waals surface area contributed by atoms with Crippen molar-refractivity contribution in [2.75, 3.05) is 84.2 Å². The summed E-state index contributed by atoms with van der Waals surface area (Å²) in [6, 6.07) is 15.1. The van der Waals surface area contributed by atoms with Gasteiger partial charge in [-0.25, -0.2) is 13.6 Å². The second kappa shape index (κ2) is 20.9. The van der Waals surface area contributed by atoms with Crippen molar-refractivity contribution in [3.05, 3.63) is 83.6 Å². The second-order valence-corrected chi connectivity index (χ2v) is 13.5. The highest BCUT2D eigenvalue weighted by atomic mass is 19.1. The molecule has 0 aliphatic carbocycles. The number of rotatable bonds is 22. The molecular weight excluding hydrogens is 798 g/mol. The van der Waals surface area contributed by atoms with Crippen LogP contribution in [0.4, 0.5) is 14.5 Å². The van der Waals surface area contributed by atoms with Crippen LogP contribution >= 0.6 is 0 Å². The number of hydrogen-bond donors (Lipinski definition) is 5. The summed E-state index contributed by atoms with van der Waals surface area (Å²) in [7, 11) is 0. The average molecular weight is 845 g/mol. The van der Waals surface area contributed by atoms with Crippen molar-refractivity contribution in [3.63, 3.8) is 0 Å². The Morgan fingerprint density at radius 3 is 2.33 bits per heavy atom. The topological polar surface area (TPSA) is 205 Å². The summed E-state index contributed by atoms with van der Waals surface area (Å²) in [5, 5.41) is 19.4. The lowest BCUT2D eigenvalue weighted by Crippen LogP contribution is -2.47. The number of H-pyrrole nitrogens is 1. The Kier molecular flexibility index (Phi) is 14.9. The van der Waals surface area contributed by atoms with Gasteiger partial charge in [-0.2, -0.15) is 0 Å². The summed E-state index contributed by atoms with van der Waals surface area (Å²) in [5.41, 5.74) is 4.13. The fraction of sp³-hybridized carbons (Fsp3) is 0.436. The van der Waals surface area contributed by atoms with E-state index in [1.165, 1.54) is 10.3 Å². The van der Waals surface area contributed by atoms with Crippen LogP contribution in [0.3, 0.4) is 0 Å². The van der Waals surface area contributed by atoms with Gasteiger partial charge in [-0.15, -0.1) is 0 Å². The molecule has 0 bridgehead atoms. The fourth-order valence-corrected chi connectivity index (χ4v) is 6.19. The maximum absolute atomic E-state index is 13.5. The summed E-state index contributed by atoms with van der Waals surface area (Å²) >= 11 is 0. The number of para-hydroxylation sites is 1. The number of nitrogens with one attached hydrogen (secondary N) is 4. The zero-order valence-corrected chi connectivity index (χ0v) is 32.5. The quantitative estimate of drug-likeness (QED) is 0.0722. The summed E-state index contributed by atoms with van der Waals surface area (Å²) in [6.07, 6.45) is 0.0180. The van der Waals surface area contributed by atoms with Crippen molar-refractivity contribution in [1.29, 1.82) is 0 Å². The zero-order valence-electron chi connectivity index (χ0n) is 32.5. The summed E-state index contributed by atoms with van der Waals surface area (Å²) in [4.78, 5) is 55.8.